The molecule has 0 fully saturated rings. The van der Waals surface area contributed by atoms with Gasteiger partial charge >= 0.3 is 6.03 Å². The van der Waals surface area contributed by atoms with Gasteiger partial charge in [0.2, 0.25) is 9.84 Å². The van der Waals surface area contributed by atoms with Gasteiger partial charge in [-0.05, 0) is 73.0 Å². The largest absolute Gasteiger partial charge is 0.496 e. The summed E-state index contributed by atoms with van der Waals surface area (Å²) in [4.78, 5) is 16.4. The van der Waals surface area contributed by atoms with Crippen molar-refractivity contribution in [3.05, 3.63) is 77.6 Å². The van der Waals surface area contributed by atoms with Gasteiger partial charge in [0.1, 0.15) is 5.75 Å². The van der Waals surface area contributed by atoms with Gasteiger partial charge in [-0.2, -0.15) is 0 Å². The van der Waals surface area contributed by atoms with Crippen LogP contribution < -0.4 is 15.4 Å². The van der Waals surface area contributed by atoms with E-state index in [9.17, 15) is 13.2 Å². The molecule has 2 amide bonds. The Hall–Kier alpha value is -3.39. The summed E-state index contributed by atoms with van der Waals surface area (Å²) in [6.45, 7) is 3.95. The average Bonchev–Trinajstić information content (AvgIpc) is 2.73. The number of methoxy groups -OCH3 is 1. The number of ether oxygens (including phenoxy) is 1. The Morgan fingerprint density at radius 3 is 2.27 bits per heavy atom. The van der Waals surface area contributed by atoms with Crippen LogP contribution >= 0.6 is 0 Å². The molecule has 0 saturated heterocycles. The normalized spacial score (nSPS) is 11.0. The first-order valence-corrected chi connectivity index (χ1v) is 10.7. The van der Waals surface area contributed by atoms with Crippen molar-refractivity contribution < 1.29 is 17.9 Å². The number of rotatable bonds is 6. The van der Waals surface area contributed by atoms with Crippen LogP contribution in [0.3, 0.4) is 0 Å². The van der Waals surface area contributed by atoms with Crippen molar-refractivity contribution in [2.45, 2.75) is 30.2 Å². The zero-order valence-corrected chi connectivity index (χ0v) is 17.8. The summed E-state index contributed by atoms with van der Waals surface area (Å²) in [7, 11) is -2.13. The maximum atomic E-state index is 13.0. The van der Waals surface area contributed by atoms with Crippen LogP contribution in [-0.4, -0.2) is 26.5 Å². The fourth-order valence-electron chi connectivity index (χ4n) is 3.10. The van der Waals surface area contributed by atoms with Gasteiger partial charge in [0.05, 0.1) is 16.9 Å². The van der Waals surface area contributed by atoms with Gasteiger partial charge in [0.25, 0.3) is 0 Å². The van der Waals surface area contributed by atoms with Crippen molar-refractivity contribution in [2.75, 3.05) is 12.4 Å². The molecule has 7 nitrogen and oxygen atoms in total. The molecule has 3 aromatic rings. The highest BCUT2D eigenvalue weighted by molar-refractivity contribution is 7.91. The van der Waals surface area contributed by atoms with Gasteiger partial charge in [-0.1, -0.05) is 6.07 Å². The molecule has 0 unspecified atom stereocenters. The van der Waals surface area contributed by atoms with Crippen molar-refractivity contribution in [1.29, 1.82) is 0 Å². The van der Waals surface area contributed by atoms with E-state index >= 15 is 0 Å². The number of nitrogens with zero attached hydrogens (tertiary/aromatic N) is 1. The van der Waals surface area contributed by atoms with Crippen molar-refractivity contribution in [3.63, 3.8) is 0 Å². The molecular formula is C22H23N3O4S. The number of pyridine rings is 1. The van der Waals surface area contributed by atoms with E-state index in [-0.39, 0.29) is 9.79 Å². The molecule has 0 spiro atoms. The Kier molecular flexibility index (Phi) is 6.37. The SMILES string of the molecule is COc1c(C)cc(S(=O)(=O)c2ccc(NC(=O)NCc3cccnc3)cc2)cc1C. The van der Waals surface area contributed by atoms with Gasteiger partial charge in [0, 0.05) is 24.6 Å². The zero-order chi connectivity index (χ0) is 21.7. The highest BCUT2D eigenvalue weighted by Gasteiger charge is 2.20. The van der Waals surface area contributed by atoms with Gasteiger partial charge in [-0.15, -0.1) is 0 Å². The zero-order valence-electron chi connectivity index (χ0n) is 17.0. The molecular weight excluding hydrogens is 402 g/mol. The molecule has 2 aromatic carbocycles. The number of anilines is 1. The predicted octanol–water partition coefficient (Wildman–Crippen LogP) is 3.86. The van der Waals surface area contributed by atoms with Gasteiger partial charge in [-0.3, -0.25) is 4.98 Å². The Morgan fingerprint density at radius 2 is 1.70 bits per heavy atom. The molecule has 0 radical (unpaired) electrons. The van der Waals surface area contributed by atoms with Crippen LogP contribution in [-0.2, 0) is 16.4 Å². The van der Waals surface area contributed by atoms with Crippen molar-refractivity contribution in [1.82, 2.24) is 10.3 Å². The van der Waals surface area contributed by atoms with E-state index in [0.29, 0.717) is 18.0 Å². The number of hydrogen-bond acceptors (Lipinski definition) is 5. The number of carbonyl (C=O) groups is 1. The highest BCUT2D eigenvalue weighted by Crippen LogP contribution is 2.30. The number of benzene rings is 2. The summed E-state index contributed by atoms with van der Waals surface area (Å²) < 4.78 is 31.3. The molecule has 156 valence electrons. The van der Waals surface area contributed by atoms with Crippen LogP contribution in [0, 0.1) is 13.8 Å². The lowest BCUT2D eigenvalue weighted by atomic mass is 10.1. The second kappa shape index (κ2) is 8.96. The second-order valence-electron chi connectivity index (χ2n) is 6.79. The number of hydrogen-bond donors (Lipinski definition) is 2. The first-order valence-electron chi connectivity index (χ1n) is 9.25. The molecule has 1 heterocycles. The maximum absolute atomic E-state index is 13.0. The van der Waals surface area contributed by atoms with Crippen LogP contribution in [0.5, 0.6) is 5.75 Å². The lowest BCUT2D eigenvalue weighted by Gasteiger charge is -2.12. The molecule has 2 N–H and O–H groups in total. The molecule has 0 bridgehead atoms. The van der Waals surface area contributed by atoms with Crippen LogP contribution in [0.1, 0.15) is 16.7 Å². The quantitative estimate of drug-likeness (QED) is 0.625. The first-order chi connectivity index (χ1) is 14.3. The van der Waals surface area contributed by atoms with Crippen molar-refractivity contribution in [2.24, 2.45) is 0 Å². The van der Waals surface area contributed by atoms with Gasteiger partial charge in [0.15, 0.2) is 0 Å². The standard InChI is InChI=1S/C22H23N3O4S/c1-15-11-20(12-16(2)21(15)29-3)30(27,28)19-8-6-18(7-9-19)25-22(26)24-14-17-5-4-10-23-13-17/h4-13H,14H2,1-3H3,(H2,24,25,26). The number of aryl methyl sites for hydroxylation is 2. The number of amides is 2. The third kappa shape index (κ3) is 4.77. The molecule has 0 aliphatic carbocycles. The maximum Gasteiger partial charge on any atom is 0.319 e. The minimum absolute atomic E-state index is 0.146. The molecule has 0 aliphatic heterocycles. The summed E-state index contributed by atoms with van der Waals surface area (Å²) in [6, 6.07) is 12.5. The minimum Gasteiger partial charge on any atom is -0.496 e. The number of urea groups is 1. The van der Waals surface area contributed by atoms with E-state index < -0.39 is 15.9 Å². The summed E-state index contributed by atoms with van der Waals surface area (Å²) in [5.41, 5.74) is 2.86. The summed E-state index contributed by atoms with van der Waals surface area (Å²) in [5, 5.41) is 5.40. The van der Waals surface area contributed by atoms with Gasteiger partial charge in [-0.25, -0.2) is 13.2 Å². The minimum atomic E-state index is -3.69. The number of aromatic nitrogens is 1. The van der Waals surface area contributed by atoms with Crippen LogP contribution in [0.4, 0.5) is 10.5 Å². The Morgan fingerprint density at radius 1 is 1.03 bits per heavy atom. The van der Waals surface area contributed by atoms with Crippen LogP contribution in [0.15, 0.2) is 70.7 Å². The van der Waals surface area contributed by atoms with Crippen molar-refractivity contribution in [3.8, 4) is 5.75 Å². The fraction of sp³-hybridized carbons (Fsp3) is 0.182. The monoisotopic (exact) mass is 425 g/mol. The molecule has 0 atom stereocenters. The summed E-state index contributed by atoms with van der Waals surface area (Å²) in [6.07, 6.45) is 3.33. The van der Waals surface area contributed by atoms with Gasteiger partial charge < -0.3 is 15.4 Å². The smallest absolute Gasteiger partial charge is 0.319 e. The van der Waals surface area contributed by atoms with E-state index in [1.807, 2.05) is 19.9 Å². The Bertz CT molecular complexity index is 1120. The molecule has 0 aliphatic rings. The fourth-order valence-corrected chi connectivity index (χ4v) is 4.53. The Labute approximate surface area is 176 Å². The number of carbonyl (C=O) groups excluding carboxylic acids is 1. The molecule has 0 saturated carbocycles. The molecule has 30 heavy (non-hydrogen) atoms. The predicted molar refractivity (Wildman–Crippen MR) is 114 cm³/mol. The molecule has 3 rings (SSSR count). The molecule has 8 heteroatoms. The van der Waals surface area contributed by atoms with E-state index in [0.717, 1.165) is 16.7 Å². The third-order valence-corrected chi connectivity index (χ3v) is 6.30. The topological polar surface area (TPSA) is 97.4 Å². The Balaban J connectivity index is 1.71. The van der Waals surface area contributed by atoms with E-state index in [1.165, 1.54) is 12.1 Å². The highest BCUT2D eigenvalue weighted by atomic mass is 32.2. The lowest BCUT2D eigenvalue weighted by Crippen LogP contribution is -2.28. The summed E-state index contributed by atoms with van der Waals surface area (Å²) >= 11 is 0. The van der Waals surface area contributed by atoms with Crippen LogP contribution in [0.2, 0.25) is 0 Å². The van der Waals surface area contributed by atoms with E-state index in [2.05, 4.69) is 15.6 Å². The average molecular weight is 426 g/mol. The lowest BCUT2D eigenvalue weighted by molar-refractivity contribution is 0.251. The van der Waals surface area contributed by atoms with Crippen molar-refractivity contribution >= 4 is 21.6 Å². The second-order valence-corrected chi connectivity index (χ2v) is 8.74. The van der Waals surface area contributed by atoms with Crippen LogP contribution in [0.25, 0.3) is 0 Å². The first kappa shape index (κ1) is 21.3. The van der Waals surface area contributed by atoms with E-state index in [1.54, 1.807) is 49.8 Å². The third-order valence-electron chi connectivity index (χ3n) is 4.55. The number of sulfone groups is 1. The van der Waals surface area contributed by atoms with E-state index in [4.69, 9.17) is 4.74 Å². The molecule has 1 aromatic heterocycles. The number of nitrogens with one attached hydrogen (secondary N) is 2. The summed E-state index contributed by atoms with van der Waals surface area (Å²) in [5.74, 6) is 0.672.